The maximum Gasteiger partial charge on any atom is 0.228 e. The topological polar surface area (TPSA) is 27.1 Å². The number of ether oxygens (including phenoxy) is 1. The molecule has 0 aliphatic heterocycles. The molecule has 0 saturated heterocycles. The number of rotatable bonds is 1. The van der Waals surface area contributed by atoms with Crippen molar-refractivity contribution in [3.8, 4) is 5.88 Å². The van der Waals surface area contributed by atoms with Crippen LogP contribution in [-0.4, -0.2) is 16.7 Å². The van der Waals surface area contributed by atoms with Crippen molar-refractivity contribution in [2.75, 3.05) is 7.11 Å². The van der Waals surface area contributed by atoms with Gasteiger partial charge in [0.05, 0.1) is 17.1 Å². The highest BCUT2D eigenvalue weighted by molar-refractivity contribution is 9.10. The van der Waals surface area contributed by atoms with Crippen LogP contribution in [0.5, 0.6) is 5.88 Å². The molecule has 74 valence electrons. The highest BCUT2D eigenvalue weighted by atomic mass is 79.9. The molecule has 4 heteroatoms. The third kappa shape index (κ3) is 1.30. The number of aryl methyl sites for hydroxylation is 2. The lowest BCUT2D eigenvalue weighted by molar-refractivity contribution is 0.397. The Balaban J connectivity index is 2.79. The quantitative estimate of drug-likeness (QED) is 0.783. The first-order chi connectivity index (χ1) is 6.63. The van der Waals surface area contributed by atoms with Crippen LogP contribution in [0.1, 0.15) is 5.69 Å². The van der Waals surface area contributed by atoms with E-state index in [-0.39, 0.29) is 0 Å². The summed E-state index contributed by atoms with van der Waals surface area (Å²) in [6.45, 7) is 2.07. The molecule has 0 radical (unpaired) electrons. The molecule has 2 aromatic rings. The molecule has 0 atom stereocenters. The van der Waals surface area contributed by atoms with Gasteiger partial charge < -0.3 is 9.30 Å². The van der Waals surface area contributed by atoms with Crippen LogP contribution < -0.4 is 4.74 Å². The second-order valence-electron chi connectivity index (χ2n) is 3.24. The molecule has 0 aliphatic rings. The summed E-state index contributed by atoms with van der Waals surface area (Å²) >= 11 is 3.42. The van der Waals surface area contributed by atoms with Crippen LogP contribution in [0.15, 0.2) is 16.7 Å². The average Bonchev–Trinajstić information content (AvgIpc) is 2.43. The van der Waals surface area contributed by atoms with Crippen molar-refractivity contribution >= 4 is 26.8 Å². The minimum Gasteiger partial charge on any atom is -0.480 e. The molecule has 14 heavy (non-hydrogen) atoms. The first-order valence-electron chi connectivity index (χ1n) is 4.29. The first-order valence-corrected chi connectivity index (χ1v) is 5.09. The highest BCUT2D eigenvalue weighted by Gasteiger charge is 2.08. The summed E-state index contributed by atoms with van der Waals surface area (Å²) < 4.78 is 8.08. The maximum atomic E-state index is 5.13. The number of fused-ring (bicyclic) bond motifs is 1. The van der Waals surface area contributed by atoms with Gasteiger partial charge in [0.2, 0.25) is 5.88 Å². The molecule has 0 aromatic carbocycles. The van der Waals surface area contributed by atoms with Crippen molar-refractivity contribution in [3.05, 3.63) is 22.4 Å². The van der Waals surface area contributed by atoms with Gasteiger partial charge in [0.15, 0.2) is 0 Å². The number of hydrogen-bond donors (Lipinski definition) is 0. The van der Waals surface area contributed by atoms with Gasteiger partial charge in [0, 0.05) is 24.3 Å². The van der Waals surface area contributed by atoms with Crippen molar-refractivity contribution in [1.29, 1.82) is 0 Å². The summed E-state index contributed by atoms with van der Waals surface area (Å²) in [5, 5.41) is 1.15. The van der Waals surface area contributed by atoms with Gasteiger partial charge in [-0.05, 0) is 28.9 Å². The van der Waals surface area contributed by atoms with Gasteiger partial charge in [0.1, 0.15) is 0 Å². The van der Waals surface area contributed by atoms with Crippen LogP contribution in [-0.2, 0) is 7.05 Å². The van der Waals surface area contributed by atoms with Crippen molar-refractivity contribution in [2.45, 2.75) is 6.92 Å². The molecule has 0 spiro atoms. The van der Waals surface area contributed by atoms with E-state index in [2.05, 4.69) is 32.4 Å². The Hall–Kier alpha value is -1.03. The molecular weight excluding hydrogens is 244 g/mol. The van der Waals surface area contributed by atoms with E-state index in [0.717, 1.165) is 15.4 Å². The number of nitrogens with zero attached hydrogens (tertiary/aromatic N) is 2. The van der Waals surface area contributed by atoms with E-state index in [1.165, 1.54) is 5.69 Å². The summed E-state index contributed by atoms with van der Waals surface area (Å²) in [6.07, 6.45) is 2.00. The fourth-order valence-corrected chi connectivity index (χ4v) is 1.97. The van der Waals surface area contributed by atoms with Gasteiger partial charge in [-0.25, -0.2) is 4.98 Å². The molecule has 0 unspecified atom stereocenters. The number of pyridine rings is 1. The summed E-state index contributed by atoms with van der Waals surface area (Å²) in [7, 11) is 3.63. The molecular formula is C10H11BrN2O. The molecule has 0 N–H and O–H groups in total. The SMILES string of the molecule is COc1nc2cn(C)c(C)c2cc1Br. The van der Waals surface area contributed by atoms with Crippen LogP contribution in [0, 0.1) is 6.92 Å². The van der Waals surface area contributed by atoms with Gasteiger partial charge in [-0.3, -0.25) is 0 Å². The minimum absolute atomic E-state index is 0.628. The number of methoxy groups -OCH3 is 1. The van der Waals surface area contributed by atoms with E-state index < -0.39 is 0 Å². The van der Waals surface area contributed by atoms with Crippen LogP contribution >= 0.6 is 15.9 Å². The van der Waals surface area contributed by atoms with Crippen molar-refractivity contribution in [3.63, 3.8) is 0 Å². The van der Waals surface area contributed by atoms with Crippen molar-refractivity contribution in [1.82, 2.24) is 9.55 Å². The molecule has 0 saturated carbocycles. The van der Waals surface area contributed by atoms with Gasteiger partial charge in [0.25, 0.3) is 0 Å². The molecule has 2 aromatic heterocycles. The van der Waals surface area contributed by atoms with Crippen LogP contribution in [0.3, 0.4) is 0 Å². The second-order valence-corrected chi connectivity index (χ2v) is 4.09. The van der Waals surface area contributed by atoms with E-state index >= 15 is 0 Å². The summed E-state index contributed by atoms with van der Waals surface area (Å²) in [5.41, 5.74) is 2.17. The lowest BCUT2D eigenvalue weighted by atomic mass is 10.2. The number of halogens is 1. The maximum absolute atomic E-state index is 5.13. The number of aromatic nitrogens is 2. The summed E-state index contributed by atoms with van der Waals surface area (Å²) in [6, 6.07) is 2.04. The van der Waals surface area contributed by atoms with Gasteiger partial charge in [-0.15, -0.1) is 0 Å². The molecule has 0 fully saturated rings. The largest absolute Gasteiger partial charge is 0.480 e. The zero-order valence-electron chi connectivity index (χ0n) is 8.34. The Morgan fingerprint density at radius 1 is 1.50 bits per heavy atom. The fraction of sp³-hybridized carbons (Fsp3) is 0.300. The normalized spacial score (nSPS) is 10.9. The number of hydrogen-bond acceptors (Lipinski definition) is 2. The van der Waals surface area contributed by atoms with E-state index in [0.29, 0.717) is 5.88 Å². The highest BCUT2D eigenvalue weighted by Crippen LogP contribution is 2.28. The summed E-state index contributed by atoms with van der Waals surface area (Å²) in [5.74, 6) is 0.628. The Bertz CT molecular complexity index is 490. The van der Waals surface area contributed by atoms with Crippen molar-refractivity contribution in [2.24, 2.45) is 7.05 Å². The zero-order chi connectivity index (χ0) is 10.3. The third-order valence-electron chi connectivity index (χ3n) is 2.40. The van der Waals surface area contributed by atoms with E-state index in [1.54, 1.807) is 7.11 Å². The molecule has 0 aliphatic carbocycles. The molecule has 0 bridgehead atoms. The van der Waals surface area contributed by atoms with Gasteiger partial charge in [-0.2, -0.15) is 0 Å². The predicted octanol–water partition coefficient (Wildman–Crippen LogP) is 2.65. The minimum atomic E-state index is 0.628. The first kappa shape index (κ1) is 9.52. The molecule has 2 rings (SSSR count). The Morgan fingerprint density at radius 2 is 2.21 bits per heavy atom. The fourth-order valence-electron chi connectivity index (χ4n) is 1.49. The third-order valence-corrected chi connectivity index (χ3v) is 2.97. The lowest BCUT2D eigenvalue weighted by Gasteiger charge is -2.01. The molecule has 2 heterocycles. The zero-order valence-corrected chi connectivity index (χ0v) is 9.92. The van der Waals surface area contributed by atoms with Gasteiger partial charge >= 0.3 is 0 Å². The van der Waals surface area contributed by atoms with Crippen LogP contribution in [0.4, 0.5) is 0 Å². The Labute approximate surface area is 90.8 Å². The Kier molecular flexibility index (Phi) is 2.23. The monoisotopic (exact) mass is 254 g/mol. The van der Waals surface area contributed by atoms with E-state index in [4.69, 9.17) is 4.74 Å². The smallest absolute Gasteiger partial charge is 0.228 e. The van der Waals surface area contributed by atoms with Gasteiger partial charge in [-0.1, -0.05) is 0 Å². The predicted molar refractivity (Wildman–Crippen MR) is 59.7 cm³/mol. The second kappa shape index (κ2) is 3.28. The van der Waals surface area contributed by atoms with Crippen LogP contribution in [0.25, 0.3) is 10.9 Å². The average molecular weight is 255 g/mol. The van der Waals surface area contributed by atoms with Crippen molar-refractivity contribution < 1.29 is 4.74 Å². The molecule has 0 amide bonds. The molecule has 3 nitrogen and oxygen atoms in total. The summed E-state index contributed by atoms with van der Waals surface area (Å²) in [4.78, 5) is 4.38. The Morgan fingerprint density at radius 3 is 2.86 bits per heavy atom. The van der Waals surface area contributed by atoms with E-state index in [9.17, 15) is 0 Å². The lowest BCUT2D eigenvalue weighted by Crippen LogP contribution is -1.88. The van der Waals surface area contributed by atoms with Crippen LogP contribution in [0.2, 0.25) is 0 Å². The van der Waals surface area contributed by atoms with E-state index in [1.807, 2.05) is 19.3 Å². The standard InChI is InChI=1S/C10H11BrN2O/c1-6-7-4-8(11)10(14-3)12-9(7)5-13(6)2/h4-5H,1-3H3.